The standard InChI is InChI=1S/C27H47NO3/c1-5-6-7-8-9-10-11-12-13-14-15-16-17-18-19-20-21-22-23-31-26(24-27(29)30)25-28(2,3)4/h9-10,12-13,15-16,18-19,26H,5-8,11,14,17,20-25H2,1-4H3/p+1/b10-9-,13-12-,16-15-,19-18-/t26-/m1/s1. The van der Waals surface area contributed by atoms with Gasteiger partial charge in [0, 0.05) is 6.61 Å². The number of hydrogen-bond acceptors (Lipinski definition) is 2. The van der Waals surface area contributed by atoms with Gasteiger partial charge in [0.2, 0.25) is 0 Å². The molecular formula is C27H48NO3+. The van der Waals surface area contributed by atoms with Gasteiger partial charge in [0.15, 0.2) is 0 Å². The molecule has 4 heteroatoms. The van der Waals surface area contributed by atoms with Crippen LogP contribution in [0.15, 0.2) is 48.6 Å². The molecule has 0 aliphatic heterocycles. The van der Waals surface area contributed by atoms with Crippen LogP contribution in [0.5, 0.6) is 0 Å². The van der Waals surface area contributed by atoms with Gasteiger partial charge < -0.3 is 14.3 Å². The summed E-state index contributed by atoms with van der Waals surface area (Å²) in [5, 5.41) is 9.03. The third-order valence-corrected chi connectivity index (χ3v) is 4.73. The molecule has 0 aromatic rings. The number of carboxylic acid groups (broad SMARTS) is 1. The van der Waals surface area contributed by atoms with Gasteiger partial charge in [0.25, 0.3) is 0 Å². The minimum atomic E-state index is -0.792. The molecule has 0 rings (SSSR count). The first-order valence-corrected chi connectivity index (χ1v) is 12.1. The Morgan fingerprint density at radius 3 is 1.74 bits per heavy atom. The molecule has 0 saturated carbocycles. The topological polar surface area (TPSA) is 46.5 Å². The molecule has 1 N–H and O–H groups in total. The number of carboxylic acids is 1. The number of quaternary nitrogens is 1. The number of hydrogen-bond donors (Lipinski definition) is 1. The Labute approximate surface area is 192 Å². The molecule has 0 amide bonds. The number of nitrogens with zero attached hydrogens (tertiary/aromatic N) is 1. The number of rotatable bonds is 20. The average Bonchev–Trinajstić information content (AvgIpc) is 2.68. The molecule has 0 aliphatic carbocycles. The molecule has 0 saturated heterocycles. The average molecular weight is 435 g/mol. The first kappa shape index (κ1) is 29.4. The Bertz CT molecular complexity index is 541. The van der Waals surface area contributed by atoms with Gasteiger partial charge in [-0.3, -0.25) is 4.79 Å². The zero-order chi connectivity index (χ0) is 23.2. The van der Waals surface area contributed by atoms with E-state index >= 15 is 0 Å². The highest BCUT2D eigenvalue weighted by Gasteiger charge is 2.21. The van der Waals surface area contributed by atoms with E-state index in [1.165, 1.54) is 25.7 Å². The summed E-state index contributed by atoms with van der Waals surface area (Å²) in [6.07, 6.45) is 29.0. The second-order valence-electron chi connectivity index (χ2n) is 9.15. The molecule has 31 heavy (non-hydrogen) atoms. The van der Waals surface area contributed by atoms with Crippen molar-refractivity contribution in [3.63, 3.8) is 0 Å². The highest BCUT2D eigenvalue weighted by Crippen LogP contribution is 2.07. The third-order valence-electron chi connectivity index (χ3n) is 4.73. The van der Waals surface area contributed by atoms with Gasteiger partial charge in [0.05, 0.1) is 27.6 Å². The van der Waals surface area contributed by atoms with Crippen molar-refractivity contribution in [1.82, 2.24) is 0 Å². The Balaban J connectivity index is 3.69. The van der Waals surface area contributed by atoms with Crippen molar-refractivity contribution in [2.75, 3.05) is 34.3 Å². The van der Waals surface area contributed by atoms with E-state index in [0.717, 1.165) is 38.5 Å². The summed E-state index contributed by atoms with van der Waals surface area (Å²) in [4.78, 5) is 11.0. The predicted octanol–water partition coefficient (Wildman–Crippen LogP) is 6.70. The predicted molar refractivity (Wildman–Crippen MR) is 133 cm³/mol. The minimum Gasteiger partial charge on any atom is -0.481 e. The number of aliphatic carboxylic acids is 1. The Hall–Kier alpha value is -1.65. The first-order chi connectivity index (χ1) is 14.8. The van der Waals surface area contributed by atoms with Crippen molar-refractivity contribution in [2.24, 2.45) is 0 Å². The highest BCUT2D eigenvalue weighted by atomic mass is 16.5. The van der Waals surface area contributed by atoms with Gasteiger partial charge in [-0.2, -0.15) is 0 Å². The van der Waals surface area contributed by atoms with E-state index in [9.17, 15) is 4.79 Å². The van der Waals surface area contributed by atoms with Crippen LogP contribution in [0.4, 0.5) is 0 Å². The van der Waals surface area contributed by atoms with Gasteiger partial charge >= 0.3 is 5.97 Å². The van der Waals surface area contributed by atoms with Gasteiger partial charge in [-0.25, -0.2) is 0 Å². The molecule has 0 heterocycles. The van der Waals surface area contributed by atoms with Crippen LogP contribution in [-0.2, 0) is 9.53 Å². The molecule has 0 unspecified atom stereocenters. The minimum absolute atomic E-state index is 0.0761. The maximum Gasteiger partial charge on any atom is 0.306 e. The number of likely N-dealkylation sites (N-methyl/N-ethyl adjacent to an activating group) is 1. The summed E-state index contributed by atoms with van der Waals surface area (Å²) in [7, 11) is 6.17. The quantitative estimate of drug-likeness (QED) is 0.132. The zero-order valence-electron chi connectivity index (χ0n) is 20.6. The van der Waals surface area contributed by atoms with E-state index in [2.05, 4.69) is 76.7 Å². The molecule has 0 spiro atoms. The number of unbranched alkanes of at least 4 members (excludes halogenated alkanes) is 5. The first-order valence-electron chi connectivity index (χ1n) is 12.1. The molecular weight excluding hydrogens is 386 g/mol. The van der Waals surface area contributed by atoms with Gasteiger partial charge in [-0.1, -0.05) is 68.4 Å². The van der Waals surface area contributed by atoms with E-state index in [1.54, 1.807) is 0 Å². The lowest BCUT2D eigenvalue weighted by Gasteiger charge is -2.28. The number of allylic oxidation sites excluding steroid dienone is 8. The van der Waals surface area contributed by atoms with Crippen molar-refractivity contribution in [2.45, 2.75) is 83.7 Å². The molecule has 0 bridgehead atoms. The second kappa shape index (κ2) is 20.3. The fourth-order valence-corrected chi connectivity index (χ4v) is 3.16. The Kier molecular flexibility index (Phi) is 19.2. The molecule has 0 aromatic heterocycles. The monoisotopic (exact) mass is 434 g/mol. The maximum atomic E-state index is 11.0. The smallest absolute Gasteiger partial charge is 0.306 e. The third kappa shape index (κ3) is 24.5. The van der Waals surface area contributed by atoms with Crippen molar-refractivity contribution < 1.29 is 19.1 Å². The number of ether oxygens (including phenoxy) is 1. The van der Waals surface area contributed by atoms with E-state index in [0.29, 0.717) is 17.6 Å². The summed E-state index contributed by atoms with van der Waals surface area (Å²) >= 11 is 0. The lowest BCUT2D eigenvalue weighted by molar-refractivity contribution is -0.873. The van der Waals surface area contributed by atoms with Crippen LogP contribution in [0.3, 0.4) is 0 Å². The summed E-state index contributed by atoms with van der Waals surface area (Å²) in [6, 6.07) is 0. The van der Waals surface area contributed by atoms with Crippen LogP contribution in [0, 0.1) is 0 Å². The van der Waals surface area contributed by atoms with Crippen molar-refractivity contribution in [1.29, 1.82) is 0 Å². The van der Waals surface area contributed by atoms with Crippen LogP contribution in [-0.4, -0.2) is 56.0 Å². The Morgan fingerprint density at radius 2 is 1.29 bits per heavy atom. The SMILES string of the molecule is CCCCC/C=C\C/C=C\C/C=C\C/C=C\CCCCO[C@H](CC(=O)O)C[N+](C)(C)C. The largest absolute Gasteiger partial charge is 0.481 e. The van der Waals surface area contributed by atoms with E-state index in [-0.39, 0.29) is 12.5 Å². The summed E-state index contributed by atoms with van der Waals surface area (Å²) in [5.74, 6) is -0.792. The molecule has 0 aliphatic rings. The lowest BCUT2D eigenvalue weighted by Crippen LogP contribution is -2.43. The lowest BCUT2D eigenvalue weighted by atomic mass is 10.2. The normalized spacial score (nSPS) is 13.9. The molecule has 0 fully saturated rings. The van der Waals surface area contributed by atoms with Gasteiger partial charge in [-0.15, -0.1) is 0 Å². The summed E-state index contributed by atoms with van der Waals surface area (Å²) in [5.41, 5.74) is 0. The van der Waals surface area contributed by atoms with E-state index in [1.807, 2.05) is 0 Å². The van der Waals surface area contributed by atoms with Crippen molar-refractivity contribution >= 4 is 5.97 Å². The van der Waals surface area contributed by atoms with E-state index < -0.39 is 5.97 Å². The maximum absolute atomic E-state index is 11.0. The molecule has 0 aromatic carbocycles. The van der Waals surface area contributed by atoms with Crippen molar-refractivity contribution in [3.05, 3.63) is 48.6 Å². The van der Waals surface area contributed by atoms with Crippen LogP contribution < -0.4 is 0 Å². The summed E-state index contributed by atoms with van der Waals surface area (Å²) < 4.78 is 6.52. The fourth-order valence-electron chi connectivity index (χ4n) is 3.16. The highest BCUT2D eigenvalue weighted by molar-refractivity contribution is 5.67. The van der Waals surface area contributed by atoms with Crippen LogP contribution in [0.25, 0.3) is 0 Å². The van der Waals surface area contributed by atoms with Gasteiger partial charge in [0.1, 0.15) is 12.6 Å². The van der Waals surface area contributed by atoms with Crippen LogP contribution in [0.1, 0.15) is 77.6 Å². The van der Waals surface area contributed by atoms with Crippen molar-refractivity contribution in [3.8, 4) is 0 Å². The van der Waals surface area contributed by atoms with E-state index in [4.69, 9.17) is 9.84 Å². The van der Waals surface area contributed by atoms with Crippen LogP contribution in [0.2, 0.25) is 0 Å². The molecule has 1 atom stereocenters. The Morgan fingerprint density at radius 1 is 0.806 bits per heavy atom. The number of carbonyl (C=O) groups is 1. The summed E-state index contributed by atoms with van der Waals surface area (Å²) in [6.45, 7) is 3.58. The molecule has 0 radical (unpaired) electrons. The second-order valence-corrected chi connectivity index (χ2v) is 9.15. The van der Waals surface area contributed by atoms with Gasteiger partial charge in [-0.05, 0) is 51.4 Å². The zero-order valence-corrected chi connectivity index (χ0v) is 20.6. The molecule has 178 valence electrons. The molecule has 4 nitrogen and oxygen atoms in total. The van der Waals surface area contributed by atoms with Crippen LogP contribution >= 0.6 is 0 Å². The fraction of sp³-hybridized carbons (Fsp3) is 0.667.